The van der Waals surface area contributed by atoms with Gasteiger partial charge in [0.25, 0.3) is 5.91 Å². The van der Waals surface area contributed by atoms with Crippen molar-refractivity contribution in [3.8, 4) is 17.3 Å². The van der Waals surface area contributed by atoms with Crippen molar-refractivity contribution >= 4 is 11.6 Å². The second-order valence-corrected chi connectivity index (χ2v) is 5.82. The lowest BCUT2D eigenvalue weighted by Crippen LogP contribution is -2.26. The number of anilines is 1. The van der Waals surface area contributed by atoms with Gasteiger partial charge in [0.2, 0.25) is 11.3 Å². The minimum Gasteiger partial charge on any atom is -0.497 e. The number of aromatic nitrogens is 2. The number of ether oxygens (including phenoxy) is 2. The SMILES string of the molecule is CCOc1cc(=O)c(C(=O)Nc2cccc(OC)c2)nn1-c1ccc(F)c(F)c1. The number of hydrogen-bond donors (Lipinski definition) is 1. The molecular weight excluding hydrogens is 384 g/mol. The predicted octanol–water partition coefficient (Wildman–Crippen LogP) is 3.17. The maximum atomic E-state index is 13.7. The van der Waals surface area contributed by atoms with E-state index in [0.29, 0.717) is 11.4 Å². The van der Waals surface area contributed by atoms with Gasteiger partial charge in [0, 0.05) is 17.8 Å². The fourth-order valence-corrected chi connectivity index (χ4v) is 2.54. The molecule has 0 fully saturated rings. The van der Waals surface area contributed by atoms with Crippen LogP contribution in [0, 0.1) is 11.6 Å². The molecule has 0 saturated carbocycles. The first-order valence-corrected chi connectivity index (χ1v) is 8.61. The van der Waals surface area contributed by atoms with Gasteiger partial charge in [-0.05, 0) is 31.2 Å². The number of nitrogens with one attached hydrogen (secondary N) is 1. The maximum Gasteiger partial charge on any atom is 0.280 e. The highest BCUT2D eigenvalue weighted by molar-refractivity contribution is 6.02. The van der Waals surface area contributed by atoms with Crippen LogP contribution in [0.2, 0.25) is 0 Å². The smallest absolute Gasteiger partial charge is 0.280 e. The molecule has 3 rings (SSSR count). The van der Waals surface area contributed by atoms with Crippen molar-refractivity contribution in [3.05, 3.63) is 76.1 Å². The summed E-state index contributed by atoms with van der Waals surface area (Å²) in [5, 5.41) is 6.57. The lowest BCUT2D eigenvalue weighted by atomic mass is 10.2. The maximum absolute atomic E-state index is 13.7. The van der Waals surface area contributed by atoms with E-state index in [1.54, 1.807) is 31.2 Å². The lowest BCUT2D eigenvalue weighted by Gasteiger charge is -2.14. The van der Waals surface area contributed by atoms with E-state index in [1.165, 1.54) is 13.2 Å². The van der Waals surface area contributed by atoms with Crippen molar-refractivity contribution in [2.45, 2.75) is 6.92 Å². The molecule has 0 spiro atoms. The first-order valence-electron chi connectivity index (χ1n) is 8.61. The molecule has 0 saturated heterocycles. The highest BCUT2D eigenvalue weighted by atomic mass is 19.2. The molecule has 0 aliphatic rings. The second kappa shape index (κ2) is 8.51. The summed E-state index contributed by atoms with van der Waals surface area (Å²) >= 11 is 0. The Labute approximate surface area is 164 Å². The zero-order chi connectivity index (χ0) is 21.0. The molecule has 1 heterocycles. The largest absolute Gasteiger partial charge is 0.497 e. The second-order valence-electron chi connectivity index (χ2n) is 5.82. The fourth-order valence-electron chi connectivity index (χ4n) is 2.54. The molecule has 3 aromatic rings. The quantitative estimate of drug-likeness (QED) is 0.686. The number of amides is 1. The number of benzene rings is 2. The summed E-state index contributed by atoms with van der Waals surface area (Å²) in [4.78, 5) is 25.0. The van der Waals surface area contributed by atoms with Gasteiger partial charge in [-0.2, -0.15) is 5.10 Å². The van der Waals surface area contributed by atoms with Crippen molar-refractivity contribution in [2.75, 3.05) is 19.0 Å². The molecule has 2 aromatic carbocycles. The number of carbonyl (C=O) groups is 1. The van der Waals surface area contributed by atoms with Crippen LogP contribution in [0.4, 0.5) is 14.5 Å². The minimum absolute atomic E-state index is 0.0126. The molecule has 1 aromatic heterocycles. The standard InChI is InChI=1S/C20H17F2N3O4/c1-3-29-18-11-17(26)19(20(27)23-12-5-4-6-14(9-12)28-2)24-25(18)13-7-8-15(21)16(22)10-13/h4-11H,3H2,1-2H3,(H,23,27). The molecule has 9 heteroatoms. The number of halogens is 2. The van der Waals surface area contributed by atoms with E-state index in [9.17, 15) is 18.4 Å². The summed E-state index contributed by atoms with van der Waals surface area (Å²) in [6, 6.07) is 10.7. The number of nitrogens with zero attached hydrogens (tertiary/aromatic N) is 2. The van der Waals surface area contributed by atoms with Crippen LogP contribution < -0.4 is 20.2 Å². The van der Waals surface area contributed by atoms with Gasteiger partial charge < -0.3 is 14.8 Å². The normalized spacial score (nSPS) is 10.5. The highest BCUT2D eigenvalue weighted by Crippen LogP contribution is 2.19. The third kappa shape index (κ3) is 4.40. The summed E-state index contributed by atoms with van der Waals surface area (Å²) < 4.78 is 38.5. The van der Waals surface area contributed by atoms with E-state index in [4.69, 9.17) is 9.47 Å². The molecule has 0 aliphatic heterocycles. The molecule has 0 bridgehead atoms. The van der Waals surface area contributed by atoms with E-state index >= 15 is 0 Å². The molecule has 7 nitrogen and oxygen atoms in total. The molecule has 150 valence electrons. The Morgan fingerprint density at radius 2 is 1.93 bits per heavy atom. The van der Waals surface area contributed by atoms with Crippen LogP contribution in [0.1, 0.15) is 17.4 Å². The Hall–Kier alpha value is -3.75. The average Bonchev–Trinajstić information content (AvgIpc) is 2.70. The Kier molecular flexibility index (Phi) is 5.87. The van der Waals surface area contributed by atoms with Gasteiger partial charge in [-0.3, -0.25) is 9.59 Å². The van der Waals surface area contributed by atoms with Crippen LogP contribution >= 0.6 is 0 Å². The molecular formula is C20H17F2N3O4. The number of carbonyl (C=O) groups excluding carboxylic acids is 1. The third-order valence-corrected chi connectivity index (χ3v) is 3.88. The fraction of sp³-hybridized carbons (Fsp3) is 0.150. The monoisotopic (exact) mass is 401 g/mol. The topological polar surface area (TPSA) is 82.5 Å². The number of methoxy groups -OCH3 is 1. The van der Waals surface area contributed by atoms with Crippen LogP contribution in [-0.4, -0.2) is 29.4 Å². The Morgan fingerprint density at radius 1 is 1.14 bits per heavy atom. The number of hydrogen-bond acceptors (Lipinski definition) is 5. The zero-order valence-electron chi connectivity index (χ0n) is 15.6. The minimum atomic E-state index is -1.10. The summed E-state index contributed by atoms with van der Waals surface area (Å²) in [5.41, 5.74) is -0.653. The highest BCUT2D eigenvalue weighted by Gasteiger charge is 2.18. The van der Waals surface area contributed by atoms with Crippen molar-refractivity contribution in [3.63, 3.8) is 0 Å². The molecule has 29 heavy (non-hydrogen) atoms. The summed E-state index contributed by atoms with van der Waals surface area (Å²) in [5.74, 6) is -2.41. The summed E-state index contributed by atoms with van der Waals surface area (Å²) in [6.45, 7) is 1.88. The lowest BCUT2D eigenvalue weighted by molar-refractivity contribution is 0.101. The van der Waals surface area contributed by atoms with E-state index in [-0.39, 0.29) is 18.2 Å². The van der Waals surface area contributed by atoms with Gasteiger partial charge in [0.15, 0.2) is 17.3 Å². The van der Waals surface area contributed by atoms with E-state index in [0.717, 1.165) is 22.9 Å². The molecule has 1 amide bonds. The van der Waals surface area contributed by atoms with Gasteiger partial charge in [-0.15, -0.1) is 0 Å². The molecule has 0 aliphatic carbocycles. The van der Waals surface area contributed by atoms with E-state index in [1.807, 2.05) is 0 Å². The van der Waals surface area contributed by atoms with Gasteiger partial charge >= 0.3 is 0 Å². The van der Waals surface area contributed by atoms with Crippen LogP contribution in [0.5, 0.6) is 11.6 Å². The molecule has 0 unspecified atom stereocenters. The van der Waals surface area contributed by atoms with Crippen molar-refractivity contribution in [1.29, 1.82) is 0 Å². The summed E-state index contributed by atoms with van der Waals surface area (Å²) in [7, 11) is 1.48. The zero-order valence-corrected chi connectivity index (χ0v) is 15.6. The van der Waals surface area contributed by atoms with E-state index < -0.39 is 28.7 Å². The molecule has 0 radical (unpaired) electrons. The van der Waals surface area contributed by atoms with Crippen molar-refractivity contribution in [2.24, 2.45) is 0 Å². The molecule has 1 N–H and O–H groups in total. The first kappa shape index (κ1) is 20.0. The average molecular weight is 401 g/mol. The van der Waals surface area contributed by atoms with Crippen LogP contribution in [-0.2, 0) is 0 Å². The Morgan fingerprint density at radius 3 is 2.62 bits per heavy atom. The van der Waals surface area contributed by atoms with Gasteiger partial charge in [-0.25, -0.2) is 13.5 Å². The van der Waals surface area contributed by atoms with Gasteiger partial charge in [-0.1, -0.05) is 6.07 Å². The van der Waals surface area contributed by atoms with Crippen LogP contribution in [0.25, 0.3) is 5.69 Å². The van der Waals surface area contributed by atoms with Gasteiger partial charge in [0.05, 0.1) is 25.5 Å². The van der Waals surface area contributed by atoms with E-state index in [2.05, 4.69) is 10.4 Å². The third-order valence-electron chi connectivity index (χ3n) is 3.88. The van der Waals surface area contributed by atoms with Crippen LogP contribution in [0.15, 0.2) is 53.3 Å². The van der Waals surface area contributed by atoms with Crippen molar-refractivity contribution in [1.82, 2.24) is 9.78 Å². The number of rotatable bonds is 6. The first-order chi connectivity index (χ1) is 13.9. The van der Waals surface area contributed by atoms with Crippen molar-refractivity contribution < 1.29 is 23.0 Å². The molecule has 0 atom stereocenters. The van der Waals surface area contributed by atoms with Gasteiger partial charge in [0.1, 0.15) is 5.75 Å². The Balaban J connectivity index is 2.03. The summed E-state index contributed by atoms with van der Waals surface area (Å²) in [6.07, 6.45) is 0. The Bertz CT molecular complexity index is 1120. The van der Waals surface area contributed by atoms with Crippen LogP contribution in [0.3, 0.4) is 0 Å². The predicted molar refractivity (Wildman–Crippen MR) is 102 cm³/mol.